The summed E-state index contributed by atoms with van der Waals surface area (Å²) in [5.41, 5.74) is 0. The normalized spacial score (nSPS) is 18.3. The first-order chi connectivity index (χ1) is 5.53. The molecule has 0 aromatic carbocycles. The van der Waals surface area contributed by atoms with Crippen LogP contribution in [0.2, 0.25) is 0 Å². The Kier molecular flexibility index (Phi) is 2.72. The van der Waals surface area contributed by atoms with Gasteiger partial charge in [0.15, 0.2) is 0 Å². The first-order valence-electron chi connectivity index (χ1n) is 3.77. The highest BCUT2D eigenvalue weighted by atomic mass is 19.4. The second-order valence-electron chi connectivity index (χ2n) is 2.94. The lowest BCUT2D eigenvalue weighted by Gasteiger charge is -2.20. The Morgan fingerprint density at radius 2 is 2.00 bits per heavy atom. The van der Waals surface area contributed by atoms with E-state index in [1.165, 1.54) is 4.90 Å². The van der Waals surface area contributed by atoms with Crippen molar-refractivity contribution in [3.63, 3.8) is 0 Å². The van der Waals surface area contributed by atoms with Gasteiger partial charge in [-0.1, -0.05) is 0 Å². The minimum absolute atomic E-state index is 0.0168. The Hall–Kier alpha value is -0.580. The quantitative estimate of drug-likeness (QED) is 0.607. The lowest BCUT2D eigenvalue weighted by atomic mass is 10.4. The zero-order valence-corrected chi connectivity index (χ0v) is 6.47. The summed E-state index contributed by atoms with van der Waals surface area (Å²) in [6, 6.07) is -0.0168. The van der Waals surface area contributed by atoms with Gasteiger partial charge in [0.2, 0.25) is 0 Å². The molecule has 0 atom stereocenters. The molecule has 0 N–H and O–H groups in total. The number of alkyl halides is 3. The summed E-state index contributed by atoms with van der Waals surface area (Å²) in [5, 5.41) is 0. The fraction of sp³-hybridized carbons (Fsp3) is 0.857. The zero-order chi connectivity index (χ0) is 9.19. The third-order valence-corrected chi connectivity index (χ3v) is 1.75. The van der Waals surface area contributed by atoms with Crippen LogP contribution in [0.5, 0.6) is 0 Å². The fourth-order valence-electron chi connectivity index (χ4n) is 1.11. The Balaban J connectivity index is 2.37. The van der Waals surface area contributed by atoms with Gasteiger partial charge in [0, 0.05) is 6.04 Å². The zero-order valence-electron chi connectivity index (χ0n) is 6.47. The minimum atomic E-state index is -4.19. The van der Waals surface area contributed by atoms with Crippen LogP contribution in [-0.2, 0) is 4.79 Å². The van der Waals surface area contributed by atoms with Crippen LogP contribution >= 0.6 is 0 Å². The van der Waals surface area contributed by atoms with E-state index in [-0.39, 0.29) is 12.6 Å². The minimum Gasteiger partial charge on any atom is -0.302 e. The first kappa shape index (κ1) is 9.51. The number of halogens is 3. The van der Waals surface area contributed by atoms with Crippen molar-refractivity contribution in [3.8, 4) is 0 Å². The molecule has 1 aliphatic carbocycles. The molecule has 0 aromatic rings. The summed E-state index contributed by atoms with van der Waals surface area (Å²) in [5.74, 6) is 0. The molecule has 0 amide bonds. The van der Waals surface area contributed by atoms with E-state index in [1.54, 1.807) is 0 Å². The summed E-state index contributed by atoms with van der Waals surface area (Å²) in [6.07, 6.45) is -2.11. The first-order valence-corrected chi connectivity index (χ1v) is 3.77. The molecular formula is C7H10F3NO. The molecule has 1 aliphatic rings. The van der Waals surface area contributed by atoms with Gasteiger partial charge in [0.1, 0.15) is 6.29 Å². The third-order valence-electron chi connectivity index (χ3n) is 1.75. The van der Waals surface area contributed by atoms with Gasteiger partial charge in [0.25, 0.3) is 0 Å². The van der Waals surface area contributed by atoms with Crippen LogP contribution in [0.3, 0.4) is 0 Å². The summed E-state index contributed by atoms with van der Waals surface area (Å²) in [7, 11) is 0. The van der Waals surface area contributed by atoms with Crippen LogP contribution in [0, 0.1) is 0 Å². The van der Waals surface area contributed by atoms with Crippen molar-refractivity contribution in [1.82, 2.24) is 4.90 Å². The van der Waals surface area contributed by atoms with Crippen molar-refractivity contribution < 1.29 is 18.0 Å². The molecule has 2 nitrogen and oxygen atoms in total. The molecule has 5 heteroatoms. The lowest BCUT2D eigenvalue weighted by Crippen LogP contribution is -2.37. The Morgan fingerprint density at radius 1 is 1.42 bits per heavy atom. The second kappa shape index (κ2) is 3.43. The highest BCUT2D eigenvalue weighted by molar-refractivity contribution is 5.52. The smallest absolute Gasteiger partial charge is 0.302 e. The molecule has 0 spiro atoms. The number of nitrogens with zero attached hydrogens (tertiary/aromatic N) is 1. The molecule has 0 bridgehead atoms. The Morgan fingerprint density at radius 3 is 2.33 bits per heavy atom. The van der Waals surface area contributed by atoms with Crippen molar-refractivity contribution in [1.29, 1.82) is 0 Å². The van der Waals surface area contributed by atoms with Gasteiger partial charge in [-0.15, -0.1) is 0 Å². The van der Waals surface area contributed by atoms with Gasteiger partial charge in [-0.05, 0) is 12.8 Å². The fourth-order valence-corrected chi connectivity index (χ4v) is 1.11. The number of hydrogen-bond donors (Lipinski definition) is 0. The molecule has 1 fully saturated rings. The molecule has 0 aliphatic heterocycles. The van der Waals surface area contributed by atoms with Gasteiger partial charge in [0.05, 0.1) is 13.1 Å². The molecule has 1 rings (SSSR count). The second-order valence-corrected chi connectivity index (χ2v) is 2.94. The van der Waals surface area contributed by atoms with E-state index in [9.17, 15) is 18.0 Å². The lowest BCUT2D eigenvalue weighted by molar-refractivity contribution is -0.147. The van der Waals surface area contributed by atoms with Crippen LogP contribution in [0.1, 0.15) is 12.8 Å². The van der Waals surface area contributed by atoms with Crippen molar-refractivity contribution in [2.24, 2.45) is 0 Å². The number of aldehydes is 1. The molecule has 12 heavy (non-hydrogen) atoms. The number of hydrogen-bond acceptors (Lipinski definition) is 2. The van der Waals surface area contributed by atoms with Crippen LogP contribution in [0.15, 0.2) is 0 Å². The summed E-state index contributed by atoms with van der Waals surface area (Å²) >= 11 is 0. The predicted octanol–water partition coefficient (Wildman–Crippen LogP) is 1.21. The maximum atomic E-state index is 11.9. The predicted molar refractivity (Wildman–Crippen MR) is 36.7 cm³/mol. The van der Waals surface area contributed by atoms with Crippen LogP contribution in [0.25, 0.3) is 0 Å². The average molecular weight is 181 g/mol. The van der Waals surface area contributed by atoms with E-state index < -0.39 is 12.7 Å². The molecule has 0 saturated heterocycles. The summed E-state index contributed by atoms with van der Waals surface area (Å²) in [4.78, 5) is 11.2. The molecule has 0 radical (unpaired) electrons. The van der Waals surface area contributed by atoms with E-state index in [1.807, 2.05) is 0 Å². The van der Waals surface area contributed by atoms with Gasteiger partial charge < -0.3 is 4.79 Å². The van der Waals surface area contributed by atoms with Crippen molar-refractivity contribution in [2.75, 3.05) is 13.1 Å². The van der Waals surface area contributed by atoms with E-state index in [0.29, 0.717) is 6.29 Å². The molecular weight excluding hydrogens is 171 g/mol. The number of rotatable bonds is 4. The largest absolute Gasteiger partial charge is 0.401 e. The van der Waals surface area contributed by atoms with Crippen LogP contribution in [0.4, 0.5) is 13.2 Å². The van der Waals surface area contributed by atoms with Crippen molar-refractivity contribution >= 4 is 6.29 Å². The maximum Gasteiger partial charge on any atom is 0.401 e. The number of carbonyl (C=O) groups excluding carboxylic acids is 1. The summed E-state index contributed by atoms with van der Waals surface area (Å²) < 4.78 is 35.6. The van der Waals surface area contributed by atoms with Crippen molar-refractivity contribution in [2.45, 2.75) is 25.1 Å². The highest BCUT2D eigenvalue weighted by Crippen LogP contribution is 2.29. The highest BCUT2D eigenvalue weighted by Gasteiger charge is 2.37. The van der Waals surface area contributed by atoms with E-state index >= 15 is 0 Å². The molecule has 0 aromatic heterocycles. The summed E-state index contributed by atoms with van der Waals surface area (Å²) in [6.45, 7) is -1.07. The van der Waals surface area contributed by atoms with E-state index in [0.717, 1.165) is 12.8 Å². The van der Waals surface area contributed by atoms with Gasteiger partial charge in [-0.2, -0.15) is 13.2 Å². The SMILES string of the molecule is O=CCN(CC(F)(F)F)C1CC1. The maximum absolute atomic E-state index is 11.9. The van der Waals surface area contributed by atoms with E-state index in [2.05, 4.69) is 0 Å². The topological polar surface area (TPSA) is 20.3 Å². The Bertz CT molecular complexity index is 165. The van der Waals surface area contributed by atoms with Crippen molar-refractivity contribution in [3.05, 3.63) is 0 Å². The van der Waals surface area contributed by atoms with E-state index in [4.69, 9.17) is 0 Å². The monoisotopic (exact) mass is 181 g/mol. The standard InChI is InChI=1S/C7H10F3NO/c8-7(9,10)5-11(3-4-12)6-1-2-6/h4,6H,1-3,5H2. The molecule has 70 valence electrons. The third kappa shape index (κ3) is 3.21. The van der Waals surface area contributed by atoms with Crippen LogP contribution < -0.4 is 0 Å². The molecule has 0 heterocycles. The Labute approximate surface area is 68.3 Å². The molecule has 0 unspecified atom stereocenters. The van der Waals surface area contributed by atoms with Gasteiger partial charge >= 0.3 is 6.18 Å². The number of carbonyl (C=O) groups is 1. The van der Waals surface area contributed by atoms with Crippen LogP contribution in [-0.4, -0.2) is 36.5 Å². The van der Waals surface area contributed by atoms with Gasteiger partial charge in [-0.3, -0.25) is 4.90 Å². The molecule has 1 saturated carbocycles. The van der Waals surface area contributed by atoms with Gasteiger partial charge in [-0.25, -0.2) is 0 Å². The average Bonchev–Trinajstić information content (AvgIpc) is 2.63.